The molecule has 1 aliphatic heterocycles. The normalized spacial score (nSPS) is 28.1. The van der Waals surface area contributed by atoms with Gasteiger partial charge in [0.05, 0.1) is 6.26 Å². The van der Waals surface area contributed by atoms with E-state index in [1.807, 2.05) is 0 Å². The van der Waals surface area contributed by atoms with Crippen LogP contribution in [0.4, 0.5) is 5.82 Å². The van der Waals surface area contributed by atoms with Crippen molar-refractivity contribution in [1.29, 1.82) is 0 Å². The van der Waals surface area contributed by atoms with E-state index in [0.29, 0.717) is 0 Å². The summed E-state index contributed by atoms with van der Waals surface area (Å²) in [7, 11) is -0.475. The van der Waals surface area contributed by atoms with Crippen LogP contribution in [0.1, 0.15) is 6.23 Å². The van der Waals surface area contributed by atoms with E-state index in [2.05, 4.69) is 9.71 Å². The molecule has 1 aromatic heterocycles. The number of hydrogen-bond donors (Lipinski definition) is 2. The number of ether oxygens (including phenoxy) is 3. The molecule has 1 saturated heterocycles. The quantitative estimate of drug-likeness (QED) is 0.621. The Hall–Kier alpha value is -1.53. The third kappa shape index (κ3) is 4.06. The molecule has 1 aromatic rings. The Balaban J connectivity index is 2.28. The average molecular weight is 348 g/mol. The second-order valence-corrected chi connectivity index (χ2v) is 6.96. The van der Waals surface area contributed by atoms with E-state index in [1.54, 1.807) is 0 Å². The number of rotatable bonds is 6. The van der Waals surface area contributed by atoms with Gasteiger partial charge in [-0.2, -0.15) is 4.98 Å². The number of nitrogen functional groups attached to an aromatic ring is 1. The highest BCUT2D eigenvalue weighted by atomic mass is 32.2. The van der Waals surface area contributed by atoms with Gasteiger partial charge in [-0.25, -0.2) is 17.9 Å². The maximum absolute atomic E-state index is 12.0. The topological polar surface area (TPSA) is 135 Å². The fourth-order valence-corrected chi connectivity index (χ4v) is 2.95. The lowest BCUT2D eigenvalue weighted by molar-refractivity contribution is -0.0551. The summed E-state index contributed by atoms with van der Waals surface area (Å²) in [5.74, 6) is 0.0943. The molecule has 0 saturated carbocycles. The Kier molecular flexibility index (Phi) is 5.37. The average Bonchev–Trinajstić information content (AvgIpc) is 2.81. The van der Waals surface area contributed by atoms with Crippen LogP contribution < -0.4 is 16.1 Å². The lowest BCUT2D eigenvalue weighted by Gasteiger charge is -2.22. The second-order valence-electron chi connectivity index (χ2n) is 5.13. The molecule has 1 fully saturated rings. The van der Waals surface area contributed by atoms with Crippen LogP contribution in [-0.4, -0.2) is 63.3 Å². The van der Waals surface area contributed by atoms with Crippen LogP contribution >= 0.6 is 0 Å². The number of nitrogens with two attached hydrogens (primary N) is 1. The molecule has 0 aliphatic carbocycles. The van der Waals surface area contributed by atoms with Crippen molar-refractivity contribution >= 4 is 15.8 Å². The van der Waals surface area contributed by atoms with Crippen LogP contribution in [0.2, 0.25) is 0 Å². The van der Waals surface area contributed by atoms with Gasteiger partial charge in [-0.15, -0.1) is 0 Å². The highest BCUT2D eigenvalue weighted by Crippen LogP contribution is 2.32. The number of aromatic nitrogens is 2. The number of sulfonamides is 1. The molecule has 0 aromatic carbocycles. The molecule has 0 spiro atoms. The van der Waals surface area contributed by atoms with Crippen molar-refractivity contribution < 1.29 is 22.6 Å². The summed E-state index contributed by atoms with van der Waals surface area (Å²) in [5, 5.41) is 0. The van der Waals surface area contributed by atoms with Crippen molar-refractivity contribution in [2.75, 3.05) is 32.8 Å². The Morgan fingerprint density at radius 2 is 2.04 bits per heavy atom. The van der Waals surface area contributed by atoms with E-state index < -0.39 is 40.3 Å². The van der Waals surface area contributed by atoms with Crippen molar-refractivity contribution in [2.45, 2.75) is 24.5 Å². The Morgan fingerprint density at radius 1 is 1.39 bits per heavy atom. The Labute approximate surface area is 133 Å². The molecular formula is C12H20N4O6S. The first-order chi connectivity index (χ1) is 10.8. The van der Waals surface area contributed by atoms with Crippen LogP contribution in [0.5, 0.6) is 0 Å². The van der Waals surface area contributed by atoms with Gasteiger partial charge in [0.2, 0.25) is 10.0 Å². The third-order valence-electron chi connectivity index (χ3n) is 3.50. The smallest absolute Gasteiger partial charge is 0.351 e. The van der Waals surface area contributed by atoms with E-state index in [4.69, 9.17) is 19.9 Å². The second kappa shape index (κ2) is 6.93. The van der Waals surface area contributed by atoms with Gasteiger partial charge >= 0.3 is 5.69 Å². The number of anilines is 1. The predicted molar refractivity (Wildman–Crippen MR) is 81.3 cm³/mol. The number of nitrogens with one attached hydrogen (secondary N) is 1. The molecule has 4 atom stereocenters. The van der Waals surface area contributed by atoms with Crippen LogP contribution in [-0.2, 0) is 24.2 Å². The van der Waals surface area contributed by atoms with Gasteiger partial charge in [0.1, 0.15) is 24.1 Å². The summed E-state index contributed by atoms with van der Waals surface area (Å²) < 4.78 is 42.6. The molecule has 2 rings (SSSR count). The van der Waals surface area contributed by atoms with Gasteiger partial charge in [0, 0.05) is 27.0 Å². The first-order valence-corrected chi connectivity index (χ1v) is 8.66. The summed E-state index contributed by atoms with van der Waals surface area (Å²) in [4.78, 5) is 15.6. The minimum Gasteiger partial charge on any atom is -0.383 e. The number of nitrogens with zero attached hydrogens (tertiary/aromatic N) is 2. The minimum absolute atomic E-state index is 0.00908. The molecule has 0 amide bonds. The Bertz CT molecular complexity index is 706. The van der Waals surface area contributed by atoms with Gasteiger partial charge in [0.25, 0.3) is 0 Å². The lowest BCUT2D eigenvalue weighted by Crippen LogP contribution is -2.41. The largest absolute Gasteiger partial charge is 0.383 e. The van der Waals surface area contributed by atoms with Gasteiger partial charge in [-0.05, 0) is 6.07 Å². The predicted octanol–water partition coefficient (Wildman–Crippen LogP) is -1.70. The maximum Gasteiger partial charge on any atom is 0.351 e. The van der Waals surface area contributed by atoms with Crippen LogP contribution in [0, 0.1) is 0 Å². The molecule has 0 unspecified atom stereocenters. The fourth-order valence-electron chi connectivity index (χ4n) is 2.49. The van der Waals surface area contributed by atoms with Gasteiger partial charge in [-0.3, -0.25) is 4.57 Å². The summed E-state index contributed by atoms with van der Waals surface area (Å²) in [6, 6.07) is 1.46. The number of methoxy groups -OCH3 is 2. The van der Waals surface area contributed by atoms with E-state index in [9.17, 15) is 13.2 Å². The minimum atomic E-state index is -3.39. The third-order valence-corrected chi connectivity index (χ3v) is 4.19. The number of hydrogen-bond acceptors (Lipinski definition) is 8. The standard InChI is InChI=1S/C12H20N4O6S/c1-20-9-7(6-14-23(3,18)19)22-11(10(9)21-2)16-5-4-8(13)15-12(16)17/h4-5,7,9-11,14H,6H2,1-3H3,(H2,13,15,17)/t7-,9-,10-,11-/m1/s1. The molecule has 130 valence electrons. The zero-order valence-corrected chi connectivity index (χ0v) is 13.8. The van der Waals surface area contributed by atoms with Crippen molar-refractivity contribution in [2.24, 2.45) is 0 Å². The van der Waals surface area contributed by atoms with E-state index >= 15 is 0 Å². The molecule has 10 nitrogen and oxygen atoms in total. The molecule has 0 bridgehead atoms. The first kappa shape index (κ1) is 17.8. The molecule has 11 heteroatoms. The maximum atomic E-state index is 12.0. The molecule has 3 N–H and O–H groups in total. The lowest BCUT2D eigenvalue weighted by atomic mass is 10.1. The van der Waals surface area contributed by atoms with Crippen LogP contribution in [0.3, 0.4) is 0 Å². The molecule has 2 heterocycles. The van der Waals surface area contributed by atoms with E-state index in [1.165, 1.54) is 31.0 Å². The van der Waals surface area contributed by atoms with E-state index in [0.717, 1.165) is 6.26 Å². The van der Waals surface area contributed by atoms with Gasteiger partial charge in [0.15, 0.2) is 6.23 Å². The summed E-state index contributed by atoms with van der Waals surface area (Å²) >= 11 is 0. The summed E-state index contributed by atoms with van der Waals surface area (Å²) in [6.45, 7) is -0.00908. The van der Waals surface area contributed by atoms with Crippen molar-refractivity contribution in [3.8, 4) is 0 Å². The van der Waals surface area contributed by atoms with Gasteiger partial charge in [-0.1, -0.05) is 0 Å². The van der Waals surface area contributed by atoms with E-state index in [-0.39, 0.29) is 12.4 Å². The van der Waals surface area contributed by atoms with Crippen molar-refractivity contribution in [1.82, 2.24) is 14.3 Å². The summed E-state index contributed by atoms with van der Waals surface area (Å²) in [6.07, 6.45) is -0.131. The molecular weight excluding hydrogens is 328 g/mol. The van der Waals surface area contributed by atoms with Crippen LogP contribution in [0.25, 0.3) is 0 Å². The van der Waals surface area contributed by atoms with Crippen molar-refractivity contribution in [3.05, 3.63) is 22.7 Å². The zero-order valence-electron chi connectivity index (χ0n) is 13.0. The molecule has 0 radical (unpaired) electrons. The highest BCUT2D eigenvalue weighted by Gasteiger charge is 2.46. The van der Waals surface area contributed by atoms with Crippen molar-refractivity contribution in [3.63, 3.8) is 0 Å². The SMILES string of the molecule is CO[C@@H]1[C@H](OC)[C@@H](CNS(C)(=O)=O)O[C@H]1n1ccc(N)nc1=O. The monoisotopic (exact) mass is 348 g/mol. The fraction of sp³-hybridized carbons (Fsp3) is 0.667. The molecule has 23 heavy (non-hydrogen) atoms. The first-order valence-electron chi connectivity index (χ1n) is 6.77. The molecule has 1 aliphatic rings. The zero-order chi connectivity index (χ0) is 17.2. The van der Waals surface area contributed by atoms with Crippen LogP contribution in [0.15, 0.2) is 17.1 Å². The summed E-state index contributed by atoms with van der Waals surface area (Å²) in [5.41, 5.74) is 4.88. The van der Waals surface area contributed by atoms with Gasteiger partial charge < -0.3 is 19.9 Å². The Morgan fingerprint density at radius 3 is 2.57 bits per heavy atom. The highest BCUT2D eigenvalue weighted by molar-refractivity contribution is 7.88.